The van der Waals surface area contributed by atoms with E-state index in [4.69, 9.17) is 14.2 Å². The lowest BCUT2D eigenvalue weighted by atomic mass is 10.1. The normalized spacial score (nSPS) is 20.4. The molecule has 2 atom stereocenters. The van der Waals surface area contributed by atoms with Crippen LogP contribution in [0.5, 0.6) is 0 Å². The van der Waals surface area contributed by atoms with Gasteiger partial charge in [-0.25, -0.2) is 9.59 Å². The number of likely N-dealkylation sites (tertiary alicyclic amines) is 1. The van der Waals surface area contributed by atoms with Gasteiger partial charge >= 0.3 is 12.1 Å². The highest BCUT2D eigenvalue weighted by molar-refractivity contribution is 5.82. The predicted octanol–water partition coefficient (Wildman–Crippen LogP) is 3.00. The van der Waals surface area contributed by atoms with Crippen molar-refractivity contribution in [3.05, 3.63) is 35.9 Å². The van der Waals surface area contributed by atoms with Crippen LogP contribution in [0.2, 0.25) is 0 Å². The zero-order valence-electron chi connectivity index (χ0n) is 15.4. The molecule has 1 aromatic carbocycles. The van der Waals surface area contributed by atoms with Crippen LogP contribution in [0.1, 0.15) is 32.8 Å². The number of carbonyl (C=O) groups is 2. The summed E-state index contributed by atoms with van der Waals surface area (Å²) in [6.07, 6.45) is 0.0218. The number of methoxy groups -OCH3 is 1. The smallest absolute Gasteiger partial charge is 0.411 e. The fourth-order valence-corrected chi connectivity index (χ4v) is 2.85. The van der Waals surface area contributed by atoms with Gasteiger partial charge in [-0.1, -0.05) is 30.3 Å². The molecule has 1 aliphatic rings. The second-order valence-electron chi connectivity index (χ2n) is 7.30. The van der Waals surface area contributed by atoms with Gasteiger partial charge in [-0.2, -0.15) is 0 Å². The van der Waals surface area contributed by atoms with Crippen molar-refractivity contribution in [3.63, 3.8) is 0 Å². The highest BCUT2D eigenvalue weighted by Crippen LogP contribution is 2.27. The number of hydrogen-bond donors (Lipinski definition) is 0. The van der Waals surface area contributed by atoms with Crippen molar-refractivity contribution in [2.75, 3.05) is 20.3 Å². The van der Waals surface area contributed by atoms with Crippen LogP contribution in [0.3, 0.4) is 0 Å². The summed E-state index contributed by atoms with van der Waals surface area (Å²) < 4.78 is 16.0. The number of hydrogen-bond acceptors (Lipinski definition) is 5. The Kier molecular flexibility index (Phi) is 6.42. The van der Waals surface area contributed by atoms with Crippen molar-refractivity contribution in [1.82, 2.24) is 4.90 Å². The molecule has 1 aliphatic heterocycles. The second kappa shape index (κ2) is 8.34. The Bertz CT molecular complexity index is 581. The Balaban J connectivity index is 2.02. The largest absolute Gasteiger partial charge is 0.459 e. The SMILES string of the molecule is COC[C@@H]1C[C@@H](C(=O)OCc2ccccc2)N(C(=O)OC(C)(C)C)C1. The van der Waals surface area contributed by atoms with Gasteiger partial charge in [0.2, 0.25) is 0 Å². The van der Waals surface area contributed by atoms with Crippen molar-refractivity contribution in [2.24, 2.45) is 5.92 Å². The lowest BCUT2D eigenvalue weighted by Crippen LogP contribution is -2.44. The molecule has 1 saturated heterocycles. The van der Waals surface area contributed by atoms with Gasteiger partial charge < -0.3 is 14.2 Å². The molecule has 0 spiro atoms. The summed E-state index contributed by atoms with van der Waals surface area (Å²) in [5, 5.41) is 0. The Labute approximate surface area is 149 Å². The Morgan fingerprint density at radius 1 is 1.20 bits per heavy atom. The molecule has 25 heavy (non-hydrogen) atoms. The molecule has 2 rings (SSSR count). The van der Waals surface area contributed by atoms with Crippen LogP contribution >= 0.6 is 0 Å². The summed E-state index contributed by atoms with van der Waals surface area (Å²) in [5.74, 6) is -0.319. The number of benzene rings is 1. The second-order valence-corrected chi connectivity index (χ2v) is 7.30. The summed E-state index contributed by atoms with van der Waals surface area (Å²) >= 11 is 0. The number of amides is 1. The molecule has 6 nitrogen and oxygen atoms in total. The van der Waals surface area contributed by atoms with Gasteiger partial charge in [0.05, 0.1) is 6.61 Å². The van der Waals surface area contributed by atoms with Crippen LogP contribution in [0, 0.1) is 5.92 Å². The fourth-order valence-electron chi connectivity index (χ4n) is 2.85. The molecule has 0 aliphatic carbocycles. The molecule has 0 bridgehead atoms. The quantitative estimate of drug-likeness (QED) is 0.765. The van der Waals surface area contributed by atoms with Crippen molar-refractivity contribution in [1.29, 1.82) is 0 Å². The van der Waals surface area contributed by atoms with E-state index in [-0.39, 0.29) is 12.5 Å². The molecule has 0 saturated carbocycles. The van der Waals surface area contributed by atoms with Crippen molar-refractivity contribution in [3.8, 4) is 0 Å². The van der Waals surface area contributed by atoms with E-state index in [0.29, 0.717) is 19.6 Å². The number of rotatable bonds is 5. The third-order valence-corrected chi connectivity index (χ3v) is 3.91. The molecular weight excluding hydrogens is 322 g/mol. The summed E-state index contributed by atoms with van der Waals surface area (Å²) in [6.45, 7) is 6.51. The van der Waals surface area contributed by atoms with Crippen molar-refractivity contribution < 1.29 is 23.8 Å². The minimum atomic E-state index is -0.640. The van der Waals surface area contributed by atoms with Crippen LogP contribution in [-0.2, 0) is 25.6 Å². The monoisotopic (exact) mass is 349 g/mol. The summed E-state index contributed by atoms with van der Waals surface area (Å²) in [7, 11) is 1.61. The Morgan fingerprint density at radius 3 is 2.48 bits per heavy atom. The molecule has 1 amide bonds. The van der Waals surface area contributed by atoms with Crippen LogP contribution in [-0.4, -0.2) is 48.9 Å². The van der Waals surface area contributed by atoms with E-state index in [0.717, 1.165) is 5.56 Å². The van der Waals surface area contributed by atoms with E-state index in [1.54, 1.807) is 27.9 Å². The zero-order chi connectivity index (χ0) is 18.4. The molecule has 1 aromatic rings. The topological polar surface area (TPSA) is 65.1 Å². The molecule has 0 aromatic heterocycles. The molecule has 0 N–H and O–H groups in total. The van der Waals surface area contributed by atoms with Crippen LogP contribution in [0.25, 0.3) is 0 Å². The average molecular weight is 349 g/mol. The van der Waals surface area contributed by atoms with Crippen LogP contribution in [0.4, 0.5) is 4.79 Å². The highest BCUT2D eigenvalue weighted by atomic mass is 16.6. The predicted molar refractivity (Wildman–Crippen MR) is 92.9 cm³/mol. The van der Waals surface area contributed by atoms with Gasteiger partial charge in [0.25, 0.3) is 0 Å². The molecule has 6 heteroatoms. The first-order valence-corrected chi connectivity index (χ1v) is 8.49. The fraction of sp³-hybridized carbons (Fsp3) is 0.579. The number of esters is 1. The first-order chi connectivity index (χ1) is 11.8. The van der Waals surface area contributed by atoms with E-state index < -0.39 is 23.7 Å². The molecule has 0 radical (unpaired) electrons. The summed E-state index contributed by atoms with van der Waals surface area (Å²) in [6, 6.07) is 8.82. The summed E-state index contributed by atoms with van der Waals surface area (Å²) in [4.78, 5) is 26.5. The first-order valence-electron chi connectivity index (χ1n) is 8.49. The molecule has 0 unspecified atom stereocenters. The van der Waals surface area contributed by atoms with Crippen molar-refractivity contribution in [2.45, 2.75) is 45.4 Å². The van der Waals surface area contributed by atoms with Gasteiger partial charge in [0, 0.05) is 19.6 Å². The minimum Gasteiger partial charge on any atom is -0.459 e. The van der Waals surface area contributed by atoms with Crippen LogP contribution < -0.4 is 0 Å². The lowest BCUT2D eigenvalue weighted by Gasteiger charge is -2.27. The Morgan fingerprint density at radius 2 is 1.88 bits per heavy atom. The van der Waals surface area contributed by atoms with E-state index >= 15 is 0 Å². The minimum absolute atomic E-state index is 0.0896. The van der Waals surface area contributed by atoms with Gasteiger partial charge in [0.1, 0.15) is 18.2 Å². The molecule has 1 fully saturated rings. The first kappa shape index (κ1) is 19.2. The third-order valence-electron chi connectivity index (χ3n) is 3.91. The maximum absolute atomic E-state index is 12.5. The van der Waals surface area contributed by atoms with E-state index in [2.05, 4.69) is 0 Å². The maximum Gasteiger partial charge on any atom is 0.411 e. The highest BCUT2D eigenvalue weighted by Gasteiger charge is 2.42. The number of carbonyl (C=O) groups excluding carboxylic acids is 2. The average Bonchev–Trinajstić information content (AvgIpc) is 2.97. The maximum atomic E-state index is 12.5. The molecule has 1 heterocycles. The van der Waals surface area contributed by atoms with Gasteiger partial charge in [-0.3, -0.25) is 4.90 Å². The standard InChI is InChI=1S/C19H27NO5/c1-19(2,3)25-18(22)20-11-15(12-23-4)10-16(20)17(21)24-13-14-8-6-5-7-9-14/h5-9,15-16H,10-13H2,1-4H3/t15-,16+/m1/s1. The van der Waals surface area contributed by atoms with E-state index in [1.165, 1.54) is 4.90 Å². The number of ether oxygens (including phenoxy) is 3. The summed E-state index contributed by atoms with van der Waals surface area (Å²) in [5.41, 5.74) is 0.292. The Hall–Kier alpha value is -2.08. The van der Waals surface area contributed by atoms with Gasteiger partial charge in [-0.15, -0.1) is 0 Å². The third kappa shape index (κ3) is 5.74. The van der Waals surface area contributed by atoms with E-state index in [1.807, 2.05) is 30.3 Å². The molecular formula is C19H27NO5. The molecule has 138 valence electrons. The van der Waals surface area contributed by atoms with E-state index in [9.17, 15) is 9.59 Å². The van der Waals surface area contributed by atoms with Crippen molar-refractivity contribution >= 4 is 12.1 Å². The lowest BCUT2D eigenvalue weighted by molar-refractivity contribution is -0.150. The zero-order valence-corrected chi connectivity index (χ0v) is 15.4. The van der Waals surface area contributed by atoms with Gasteiger partial charge in [0.15, 0.2) is 0 Å². The van der Waals surface area contributed by atoms with Crippen LogP contribution in [0.15, 0.2) is 30.3 Å². The number of nitrogens with zero attached hydrogens (tertiary/aromatic N) is 1. The van der Waals surface area contributed by atoms with Gasteiger partial charge in [-0.05, 0) is 32.8 Å².